The molecule has 1 aromatic heterocycles. The standard InChI is InChI=1S/C31H36N4O4/c1-35(17-15-23-12-13-27(38-2)28(18-23)39-3)31(37)25-11-7-10-24(19-25)29-33-20-26(21-34-29)30(36)32-16-14-22-8-5-4-6-9-22/h7-8,10-13,18-21H,4-6,9,14-17H2,1-3H3,(H,32,36). The van der Waals surface area contributed by atoms with Crippen molar-refractivity contribution in [3.05, 3.63) is 83.2 Å². The van der Waals surface area contributed by atoms with Crippen molar-refractivity contribution in [2.24, 2.45) is 0 Å². The van der Waals surface area contributed by atoms with E-state index in [0.29, 0.717) is 53.5 Å². The van der Waals surface area contributed by atoms with Crippen molar-refractivity contribution in [1.29, 1.82) is 0 Å². The first-order chi connectivity index (χ1) is 19.0. The summed E-state index contributed by atoms with van der Waals surface area (Å²) in [6.45, 7) is 1.15. The molecule has 0 fully saturated rings. The van der Waals surface area contributed by atoms with Gasteiger partial charge in [0.15, 0.2) is 17.3 Å². The van der Waals surface area contributed by atoms with Gasteiger partial charge in [-0.1, -0.05) is 29.8 Å². The van der Waals surface area contributed by atoms with Gasteiger partial charge in [0.05, 0.1) is 19.8 Å². The van der Waals surface area contributed by atoms with Crippen molar-refractivity contribution in [1.82, 2.24) is 20.2 Å². The molecule has 0 radical (unpaired) electrons. The Morgan fingerprint density at radius 2 is 1.74 bits per heavy atom. The summed E-state index contributed by atoms with van der Waals surface area (Å²) in [5.41, 5.74) is 4.15. The van der Waals surface area contributed by atoms with Crippen molar-refractivity contribution in [3.63, 3.8) is 0 Å². The number of nitrogens with one attached hydrogen (secondary N) is 1. The fourth-order valence-corrected chi connectivity index (χ4v) is 4.61. The number of nitrogens with zero attached hydrogens (tertiary/aromatic N) is 3. The van der Waals surface area contributed by atoms with E-state index in [1.165, 1.54) is 30.8 Å². The van der Waals surface area contributed by atoms with Gasteiger partial charge >= 0.3 is 0 Å². The molecule has 1 N–H and O–H groups in total. The average molecular weight is 529 g/mol. The van der Waals surface area contributed by atoms with Gasteiger partial charge in [-0.2, -0.15) is 0 Å². The second-order valence-electron chi connectivity index (χ2n) is 9.66. The number of ether oxygens (including phenoxy) is 2. The maximum absolute atomic E-state index is 13.1. The lowest BCUT2D eigenvalue weighted by atomic mass is 9.97. The molecule has 204 valence electrons. The fraction of sp³-hybridized carbons (Fsp3) is 0.355. The van der Waals surface area contributed by atoms with Crippen LogP contribution in [-0.4, -0.2) is 61.0 Å². The van der Waals surface area contributed by atoms with E-state index in [2.05, 4.69) is 21.4 Å². The number of allylic oxidation sites excluding steroid dienone is 1. The van der Waals surface area contributed by atoms with Gasteiger partial charge in [0.25, 0.3) is 11.8 Å². The first-order valence-electron chi connectivity index (χ1n) is 13.3. The van der Waals surface area contributed by atoms with Crippen molar-refractivity contribution in [2.45, 2.75) is 38.5 Å². The Bertz CT molecular complexity index is 1320. The van der Waals surface area contributed by atoms with Gasteiger partial charge in [0, 0.05) is 43.7 Å². The van der Waals surface area contributed by atoms with Crippen LogP contribution in [0.2, 0.25) is 0 Å². The number of amides is 2. The predicted octanol–water partition coefficient (Wildman–Crippen LogP) is 5.10. The number of benzene rings is 2. The van der Waals surface area contributed by atoms with E-state index in [1.54, 1.807) is 38.3 Å². The zero-order valence-corrected chi connectivity index (χ0v) is 22.9. The number of carbonyl (C=O) groups is 2. The SMILES string of the molecule is COc1ccc(CCN(C)C(=O)c2cccc(-c3ncc(C(=O)NCCC4=CCCCC4)cn3)c2)cc1OC. The van der Waals surface area contributed by atoms with Crippen LogP contribution in [0, 0.1) is 0 Å². The third-order valence-electron chi connectivity index (χ3n) is 6.93. The number of carbonyl (C=O) groups excluding carboxylic acids is 2. The van der Waals surface area contributed by atoms with E-state index in [4.69, 9.17) is 9.47 Å². The van der Waals surface area contributed by atoms with Crippen LogP contribution in [-0.2, 0) is 6.42 Å². The minimum absolute atomic E-state index is 0.0959. The highest BCUT2D eigenvalue weighted by atomic mass is 16.5. The molecule has 2 aromatic carbocycles. The van der Waals surface area contributed by atoms with E-state index in [9.17, 15) is 9.59 Å². The van der Waals surface area contributed by atoms with Crippen molar-refractivity contribution in [2.75, 3.05) is 34.4 Å². The Kier molecular flexibility index (Phi) is 9.67. The minimum Gasteiger partial charge on any atom is -0.493 e. The molecule has 39 heavy (non-hydrogen) atoms. The van der Waals surface area contributed by atoms with Crippen molar-refractivity contribution in [3.8, 4) is 22.9 Å². The summed E-state index contributed by atoms with van der Waals surface area (Å²) in [6, 6.07) is 13.0. The highest BCUT2D eigenvalue weighted by Gasteiger charge is 2.15. The summed E-state index contributed by atoms with van der Waals surface area (Å²) in [6.07, 6.45) is 11.7. The van der Waals surface area contributed by atoms with Gasteiger partial charge in [-0.25, -0.2) is 9.97 Å². The molecular formula is C31H36N4O4. The molecule has 0 bridgehead atoms. The number of likely N-dealkylation sites (N-methyl/N-ethyl adjacent to an activating group) is 1. The second-order valence-corrected chi connectivity index (χ2v) is 9.66. The van der Waals surface area contributed by atoms with Gasteiger partial charge in [-0.15, -0.1) is 0 Å². The third-order valence-corrected chi connectivity index (χ3v) is 6.93. The van der Waals surface area contributed by atoms with Crippen LogP contribution in [0.1, 0.15) is 58.4 Å². The molecule has 4 rings (SSSR count). The molecule has 0 spiro atoms. The normalized spacial score (nSPS) is 12.8. The Hall–Kier alpha value is -4.20. The summed E-state index contributed by atoms with van der Waals surface area (Å²) < 4.78 is 10.7. The second kappa shape index (κ2) is 13.6. The average Bonchev–Trinajstić information content (AvgIpc) is 2.99. The smallest absolute Gasteiger partial charge is 0.254 e. The summed E-state index contributed by atoms with van der Waals surface area (Å²) in [5.74, 6) is 1.52. The van der Waals surface area contributed by atoms with Crippen molar-refractivity contribution < 1.29 is 19.1 Å². The number of methoxy groups -OCH3 is 2. The van der Waals surface area contributed by atoms with Crippen molar-refractivity contribution >= 4 is 11.8 Å². The van der Waals surface area contributed by atoms with Crippen LogP contribution in [0.3, 0.4) is 0 Å². The summed E-state index contributed by atoms with van der Waals surface area (Å²) in [4.78, 5) is 36.1. The van der Waals surface area contributed by atoms with Crippen LogP contribution in [0.4, 0.5) is 0 Å². The molecule has 1 heterocycles. The number of aromatic nitrogens is 2. The highest BCUT2D eigenvalue weighted by Crippen LogP contribution is 2.28. The number of rotatable bonds is 11. The molecule has 0 unspecified atom stereocenters. The van der Waals surface area contributed by atoms with E-state index >= 15 is 0 Å². The zero-order valence-electron chi connectivity index (χ0n) is 22.9. The molecule has 3 aromatic rings. The molecular weight excluding hydrogens is 492 g/mol. The van der Waals surface area contributed by atoms with E-state index < -0.39 is 0 Å². The molecule has 2 amide bonds. The largest absolute Gasteiger partial charge is 0.493 e. The van der Waals surface area contributed by atoms with Gasteiger partial charge in [-0.05, 0) is 68.4 Å². The lowest BCUT2D eigenvalue weighted by Crippen LogP contribution is -2.28. The minimum atomic E-state index is -0.182. The Morgan fingerprint density at radius 3 is 2.46 bits per heavy atom. The molecule has 8 heteroatoms. The molecule has 0 saturated carbocycles. The van der Waals surface area contributed by atoms with Crippen LogP contribution in [0.25, 0.3) is 11.4 Å². The monoisotopic (exact) mass is 528 g/mol. The fourth-order valence-electron chi connectivity index (χ4n) is 4.61. The van der Waals surface area contributed by atoms with Crippen LogP contribution >= 0.6 is 0 Å². The zero-order chi connectivity index (χ0) is 27.6. The predicted molar refractivity (Wildman–Crippen MR) is 151 cm³/mol. The topological polar surface area (TPSA) is 93.7 Å². The van der Waals surface area contributed by atoms with Gasteiger partial charge in [0.1, 0.15) is 0 Å². The Balaban J connectivity index is 1.33. The molecule has 1 aliphatic carbocycles. The van der Waals surface area contributed by atoms with Crippen LogP contribution in [0.5, 0.6) is 11.5 Å². The van der Waals surface area contributed by atoms with Gasteiger partial charge < -0.3 is 19.7 Å². The third kappa shape index (κ3) is 7.44. The van der Waals surface area contributed by atoms with Gasteiger partial charge in [0.2, 0.25) is 0 Å². The van der Waals surface area contributed by atoms with Gasteiger partial charge in [-0.3, -0.25) is 9.59 Å². The Labute approximate surface area is 230 Å². The number of hydrogen-bond donors (Lipinski definition) is 1. The molecule has 8 nitrogen and oxygen atoms in total. The quantitative estimate of drug-likeness (QED) is 0.348. The highest BCUT2D eigenvalue weighted by molar-refractivity contribution is 5.95. The first kappa shape index (κ1) is 27.8. The van der Waals surface area contributed by atoms with Crippen LogP contribution in [0.15, 0.2) is 66.5 Å². The molecule has 0 aliphatic heterocycles. The lowest BCUT2D eigenvalue weighted by Gasteiger charge is -2.18. The molecule has 0 saturated heterocycles. The maximum Gasteiger partial charge on any atom is 0.254 e. The van der Waals surface area contributed by atoms with E-state index in [1.807, 2.05) is 30.3 Å². The Morgan fingerprint density at radius 1 is 0.949 bits per heavy atom. The van der Waals surface area contributed by atoms with Crippen LogP contribution < -0.4 is 14.8 Å². The summed E-state index contributed by atoms with van der Waals surface area (Å²) >= 11 is 0. The van der Waals surface area contributed by atoms with E-state index in [-0.39, 0.29) is 11.8 Å². The summed E-state index contributed by atoms with van der Waals surface area (Å²) in [7, 11) is 4.99. The van der Waals surface area contributed by atoms with E-state index in [0.717, 1.165) is 24.8 Å². The first-order valence-corrected chi connectivity index (χ1v) is 13.3. The molecule has 0 atom stereocenters. The number of hydrogen-bond acceptors (Lipinski definition) is 6. The molecule has 1 aliphatic rings. The maximum atomic E-state index is 13.1. The lowest BCUT2D eigenvalue weighted by molar-refractivity contribution is 0.0796. The summed E-state index contributed by atoms with van der Waals surface area (Å²) in [5, 5.41) is 2.95.